The first-order chi connectivity index (χ1) is 9.74. The van der Waals surface area contributed by atoms with Gasteiger partial charge in [0.1, 0.15) is 5.15 Å². The molecule has 0 amide bonds. The van der Waals surface area contributed by atoms with Crippen molar-refractivity contribution in [2.75, 3.05) is 0 Å². The second-order valence-corrected chi connectivity index (χ2v) is 5.84. The highest BCUT2D eigenvalue weighted by Crippen LogP contribution is 2.37. The zero-order valence-electron chi connectivity index (χ0n) is 11.3. The second-order valence-electron chi connectivity index (χ2n) is 5.45. The third-order valence-electron chi connectivity index (χ3n) is 4.14. The predicted octanol–water partition coefficient (Wildman–Crippen LogP) is 4.28. The van der Waals surface area contributed by atoms with Crippen molar-refractivity contribution in [2.45, 2.75) is 37.7 Å². The summed E-state index contributed by atoms with van der Waals surface area (Å²) in [6.07, 6.45) is 5.42. The monoisotopic (exact) mass is 287 g/mol. The van der Waals surface area contributed by atoms with Gasteiger partial charge in [0.15, 0.2) is 0 Å². The largest absolute Gasteiger partial charge is 0.388 e. The number of fused-ring (bicyclic) bond motifs is 1. The van der Waals surface area contributed by atoms with Gasteiger partial charge in [-0.3, -0.25) is 0 Å². The molecule has 0 bridgehead atoms. The maximum atomic E-state index is 10.4. The van der Waals surface area contributed by atoms with Crippen molar-refractivity contribution in [1.29, 1.82) is 0 Å². The molecule has 0 fully saturated rings. The lowest BCUT2D eigenvalue weighted by Gasteiger charge is -2.27. The molecule has 2 aromatic rings. The summed E-state index contributed by atoms with van der Waals surface area (Å²) in [4.78, 5) is 3.96. The van der Waals surface area contributed by atoms with E-state index in [1.54, 1.807) is 12.3 Å². The lowest BCUT2D eigenvalue weighted by molar-refractivity contribution is 0.154. The molecule has 3 heteroatoms. The summed E-state index contributed by atoms with van der Waals surface area (Å²) in [6, 6.07) is 12.2. The van der Waals surface area contributed by atoms with Gasteiger partial charge < -0.3 is 5.11 Å². The van der Waals surface area contributed by atoms with Crippen LogP contribution in [0.5, 0.6) is 0 Å². The minimum Gasteiger partial charge on any atom is -0.388 e. The first-order valence-electron chi connectivity index (χ1n) is 7.11. The van der Waals surface area contributed by atoms with E-state index in [0.717, 1.165) is 24.8 Å². The van der Waals surface area contributed by atoms with Crippen molar-refractivity contribution in [1.82, 2.24) is 4.98 Å². The summed E-state index contributed by atoms with van der Waals surface area (Å²) in [5, 5.41) is 10.9. The highest BCUT2D eigenvalue weighted by molar-refractivity contribution is 6.29. The van der Waals surface area contributed by atoms with Crippen LogP contribution in [-0.4, -0.2) is 10.1 Å². The fourth-order valence-electron chi connectivity index (χ4n) is 3.13. The molecular weight excluding hydrogens is 270 g/mol. The van der Waals surface area contributed by atoms with Gasteiger partial charge in [-0.05, 0) is 60.4 Å². The van der Waals surface area contributed by atoms with E-state index in [1.165, 1.54) is 17.5 Å². The number of pyridine rings is 1. The van der Waals surface area contributed by atoms with Crippen LogP contribution in [0.3, 0.4) is 0 Å². The van der Waals surface area contributed by atoms with Gasteiger partial charge in [0, 0.05) is 6.20 Å². The topological polar surface area (TPSA) is 33.1 Å². The number of benzene rings is 1. The Morgan fingerprint density at radius 1 is 1.30 bits per heavy atom. The number of aryl methyl sites for hydroxylation is 1. The van der Waals surface area contributed by atoms with Crippen molar-refractivity contribution >= 4 is 11.6 Å². The number of hydrogen-bond donors (Lipinski definition) is 1. The molecule has 2 nitrogen and oxygen atoms in total. The summed E-state index contributed by atoms with van der Waals surface area (Å²) in [6.45, 7) is 0. The molecule has 0 saturated carbocycles. The van der Waals surface area contributed by atoms with Crippen LogP contribution in [0.2, 0.25) is 5.15 Å². The molecular formula is C17H18ClNO. The van der Waals surface area contributed by atoms with Crippen LogP contribution in [0.4, 0.5) is 0 Å². The Balaban J connectivity index is 1.79. The summed E-state index contributed by atoms with van der Waals surface area (Å²) in [7, 11) is 0. The quantitative estimate of drug-likeness (QED) is 0.855. The van der Waals surface area contributed by atoms with Crippen LogP contribution in [0.25, 0.3) is 0 Å². The minimum atomic E-state index is -0.480. The smallest absolute Gasteiger partial charge is 0.129 e. The SMILES string of the molecule is OC(CC1CCCc2ccccc21)c1ccnc(Cl)c1. The molecule has 1 aromatic heterocycles. The predicted molar refractivity (Wildman–Crippen MR) is 80.9 cm³/mol. The normalized spacial score (nSPS) is 19.4. The lowest BCUT2D eigenvalue weighted by atomic mass is 9.79. The van der Waals surface area contributed by atoms with Gasteiger partial charge in [0.25, 0.3) is 0 Å². The van der Waals surface area contributed by atoms with Crippen molar-refractivity contribution in [3.8, 4) is 0 Å². The molecule has 0 aliphatic heterocycles. The number of aliphatic hydroxyl groups is 1. The molecule has 20 heavy (non-hydrogen) atoms. The number of rotatable bonds is 3. The van der Waals surface area contributed by atoms with E-state index in [0.29, 0.717) is 11.1 Å². The van der Waals surface area contributed by atoms with E-state index in [4.69, 9.17) is 11.6 Å². The van der Waals surface area contributed by atoms with Crippen LogP contribution < -0.4 is 0 Å². The van der Waals surface area contributed by atoms with Gasteiger partial charge in [0.05, 0.1) is 6.10 Å². The van der Waals surface area contributed by atoms with E-state index in [9.17, 15) is 5.11 Å². The Hall–Kier alpha value is -1.38. The molecule has 2 atom stereocenters. The Morgan fingerprint density at radius 3 is 3.00 bits per heavy atom. The van der Waals surface area contributed by atoms with Gasteiger partial charge in [-0.15, -0.1) is 0 Å². The summed E-state index contributed by atoms with van der Waals surface area (Å²) in [5.41, 5.74) is 3.69. The van der Waals surface area contributed by atoms with E-state index >= 15 is 0 Å². The molecule has 1 aliphatic carbocycles. The first kappa shape index (κ1) is 13.6. The standard InChI is InChI=1S/C17H18ClNO/c18-17-11-14(8-9-19-17)16(20)10-13-6-3-5-12-4-1-2-7-15(12)13/h1-2,4,7-9,11,13,16,20H,3,5-6,10H2. The first-order valence-corrected chi connectivity index (χ1v) is 7.49. The van der Waals surface area contributed by atoms with Crippen LogP contribution >= 0.6 is 11.6 Å². The second kappa shape index (κ2) is 5.94. The van der Waals surface area contributed by atoms with Crippen LogP contribution in [-0.2, 0) is 6.42 Å². The summed E-state index contributed by atoms with van der Waals surface area (Å²) in [5.74, 6) is 0.432. The Bertz CT molecular complexity index is 599. The molecule has 0 saturated heterocycles. The number of aliphatic hydroxyl groups excluding tert-OH is 1. The van der Waals surface area contributed by atoms with Crippen molar-refractivity contribution in [3.63, 3.8) is 0 Å². The number of hydrogen-bond acceptors (Lipinski definition) is 2. The average molecular weight is 288 g/mol. The average Bonchev–Trinajstić information content (AvgIpc) is 2.47. The van der Waals surface area contributed by atoms with E-state index in [2.05, 4.69) is 29.2 Å². The van der Waals surface area contributed by atoms with E-state index in [1.807, 2.05) is 6.07 Å². The number of nitrogens with zero attached hydrogens (tertiary/aromatic N) is 1. The summed E-state index contributed by atoms with van der Waals surface area (Å²) < 4.78 is 0. The Kier molecular flexibility index (Phi) is 4.04. The molecule has 1 N–H and O–H groups in total. The third-order valence-corrected chi connectivity index (χ3v) is 4.34. The van der Waals surface area contributed by atoms with Gasteiger partial charge in [-0.2, -0.15) is 0 Å². The van der Waals surface area contributed by atoms with Crippen LogP contribution in [0.15, 0.2) is 42.6 Å². The van der Waals surface area contributed by atoms with Gasteiger partial charge >= 0.3 is 0 Å². The fraction of sp³-hybridized carbons (Fsp3) is 0.353. The van der Waals surface area contributed by atoms with E-state index < -0.39 is 6.10 Å². The third kappa shape index (κ3) is 2.87. The minimum absolute atomic E-state index is 0.432. The van der Waals surface area contributed by atoms with Gasteiger partial charge in [-0.25, -0.2) is 4.98 Å². The highest BCUT2D eigenvalue weighted by Gasteiger charge is 2.23. The van der Waals surface area contributed by atoms with E-state index in [-0.39, 0.29) is 0 Å². The molecule has 104 valence electrons. The van der Waals surface area contributed by atoms with Gasteiger partial charge in [-0.1, -0.05) is 35.9 Å². The molecule has 1 heterocycles. The van der Waals surface area contributed by atoms with Crippen molar-refractivity contribution in [3.05, 3.63) is 64.4 Å². The number of halogens is 1. The zero-order valence-corrected chi connectivity index (χ0v) is 12.1. The zero-order chi connectivity index (χ0) is 13.9. The molecule has 0 radical (unpaired) electrons. The van der Waals surface area contributed by atoms with Gasteiger partial charge in [0.2, 0.25) is 0 Å². The fourth-order valence-corrected chi connectivity index (χ4v) is 3.31. The molecule has 1 aliphatic rings. The molecule has 0 spiro atoms. The van der Waals surface area contributed by atoms with Crippen LogP contribution in [0, 0.1) is 0 Å². The van der Waals surface area contributed by atoms with Crippen LogP contribution in [0.1, 0.15) is 48.0 Å². The maximum Gasteiger partial charge on any atom is 0.129 e. The molecule has 3 rings (SSSR count). The van der Waals surface area contributed by atoms with Crippen molar-refractivity contribution < 1.29 is 5.11 Å². The summed E-state index contributed by atoms with van der Waals surface area (Å²) >= 11 is 5.89. The Morgan fingerprint density at radius 2 is 2.15 bits per heavy atom. The van der Waals surface area contributed by atoms with Crippen molar-refractivity contribution in [2.24, 2.45) is 0 Å². The Labute approximate surface area is 124 Å². The number of aromatic nitrogens is 1. The maximum absolute atomic E-state index is 10.4. The highest BCUT2D eigenvalue weighted by atomic mass is 35.5. The molecule has 1 aromatic carbocycles. The molecule has 2 unspecified atom stereocenters. The lowest BCUT2D eigenvalue weighted by Crippen LogP contribution is -2.13.